The average Bonchev–Trinajstić information content (AvgIpc) is 3.02. The zero-order chi connectivity index (χ0) is 19.8. The molecule has 0 fully saturated rings. The van der Waals surface area contributed by atoms with Crippen LogP contribution in [0.25, 0.3) is 0 Å². The van der Waals surface area contributed by atoms with E-state index in [0.29, 0.717) is 28.6 Å². The smallest absolute Gasteiger partial charge is 0.248 e. The van der Waals surface area contributed by atoms with Crippen molar-refractivity contribution in [2.75, 3.05) is 17.6 Å². The first kappa shape index (κ1) is 20.5. The van der Waals surface area contributed by atoms with Crippen LogP contribution in [0.15, 0.2) is 35.6 Å². The van der Waals surface area contributed by atoms with E-state index in [2.05, 4.69) is 15.6 Å². The quantitative estimate of drug-likeness (QED) is 0.455. The van der Waals surface area contributed by atoms with Gasteiger partial charge in [0.25, 0.3) is 0 Å². The van der Waals surface area contributed by atoms with E-state index in [1.54, 1.807) is 16.7 Å². The molecule has 0 aliphatic rings. The Bertz CT molecular complexity index is 819. The second-order valence-electron chi connectivity index (χ2n) is 5.51. The van der Waals surface area contributed by atoms with Crippen molar-refractivity contribution in [1.82, 2.24) is 14.9 Å². The highest BCUT2D eigenvalue weighted by Gasteiger charge is 2.14. The second kappa shape index (κ2) is 9.74. The number of carbonyl (C=O) groups is 3. The van der Waals surface area contributed by atoms with E-state index in [1.165, 1.54) is 18.3 Å². The maximum atomic E-state index is 12.1. The second-order valence-corrected chi connectivity index (χ2v) is 6.45. The molecule has 1 heterocycles. The van der Waals surface area contributed by atoms with Crippen LogP contribution in [0.2, 0.25) is 0 Å². The molecule has 0 radical (unpaired) electrons. The minimum absolute atomic E-state index is 0.0161. The predicted molar refractivity (Wildman–Crippen MR) is 101 cm³/mol. The molecule has 27 heavy (non-hydrogen) atoms. The van der Waals surface area contributed by atoms with E-state index in [1.807, 2.05) is 6.92 Å². The zero-order valence-corrected chi connectivity index (χ0v) is 15.6. The molecule has 1 aromatic carbocycles. The molecule has 5 N–H and O–H groups in total. The number of benzene rings is 1. The number of rotatable bonds is 9. The Morgan fingerprint density at radius 2 is 1.93 bits per heavy atom. The lowest BCUT2D eigenvalue weighted by Crippen LogP contribution is -2.28. The fourth-order valence-electron chi connectivity index (χ4n) is 2.24. The molecule has 0 bridgehead atoms. The Morgan fingerprint density at radius 1 is 1.22 bits per heavy atom. The van der Waals surface area contributed by atoms with Gasteiger partial charge < -0.3 is 26.0 Å². The summed E-state index contributed by atoms with van der Waals surface area (Å²) in [5.41, 5.74) is 6.55. The zero-order valence-electron chi connectivity index (χ0n) is 14.8. The predicted octanol–water partition coefficient (Wildman–Crippen LogP) is 0.341. The van der Waals surface area contributed by atoms with Crippen molar-refractivity contribution in [3.63, 3.8) is 0 Å². The summed E-state index contributed by atoms with van der Waals surface area (Å²) in [5.74, 6) is -0.951. The molecule has 3 amide bonds. The van der Waals surface area contributed by atoms with Gasteiger partial charge in [-0.25, -0.2) is 4.98 Å². The molecular weight excluding hydrogens is 370 g/mol. The molecule has 0 saturated heterocycles. The summed E-state index contributed by atoms with van der Waals surface area (Å²) in [7, 11) is 0. The van der Waals surface area contributed by atoms with Crippen molar-refractivity contribution >= 4 is 35.2 Å². The summed E-state index contributed by atoms with van der Waals surface area (Å²) < 4.78 is 1.57. The molecule has 0 unspecified atom stereocenters. The summed E-state index contributed by atoms with van der Waals surface area (Å²) in [6.45, 7) is 2.07. The number of carbonyl (C=O) groups excluding carboxylic acids is 3. The van der Waals surface area contributed by atoms with Gasteiger partial charge in [-0.05, 0) is 31.2 Å². The maximum Gasteiger partial charge on any atom is 0.248 e. The van der Waals surface area contributed by atoms with E-state index < -0.39 is 5.91 Å². The molecule has 10 heteroatoms. The highest BCUT2D eigenvalue weighted by molar-refractivity contribution is 7.99. The lowest BCUT2D eigenvalue weighted by atomic mass is 10.2. The molecule has 0 aliphatic carbocycles. The normalized spacial score (nSPS) is 10.4. The molecule has 2 rings (SSSR count). The average molecular weight is 391 g/mol. The molecule has 0 saturated carbocycles. The van der Waals surface area contributed by atoms with Crippen molar-refractivity contribution in [2.45, 2.75) is 25.2 Å². The third-order valence-corrected chi connectivity index (χ3v) is 4.52. The molecule has 144 valence electrons. The van der Waals surface area contributed by atoms with Gasteiger partial charge >= 0.3 is 0 Å². The van der Waals surface area contributed by atoms with Gasteiger partial charge in [-0.15, -0.1) is 0 Å². The molecule has 0 spiro atoms. The van der Waals surface area contributed by atoms with Crippen molar-refractivity contribution in [2.24, 2.45) is 5.73 Å². The largest absolute Gasteiger partial charge is 0.390 e. The minimum atomic E-state index is -0.540. The van der Waals surface area contributed by atoms with Gasteiger partial charge in [-0.1, -0.05) is 11.8 Å². The van der Waals surface area contributed by atoms with Crippen LogP contribution in [0, 0.1) is 0 Å². The fraction of sp³-hybridized carbons (Fsp3) is 0.294. The fourth-order valence-corrected chi connectivity index (χ4v) is 3.04. The van der Waals surface area contributed by atoms with Crippen LogP contribution < -0.4 is 16.4 Å². The Labute approximate surface area is 160 Å². The van der Waals surface area contributed by atoms with E-state index in [4.69, 9.17) is 5.73 Å². The van der Waals surface area contributed by atoms with Crippen LogP contribution in [-0.2, 0) is 22.7 Å². The molecular formula is C17H21N5O4S. The van der Waals surface area contributed by atoms with Crippen LogP contribution in [-0.4, -0.2) is 44.7 Å². The first-order valence-electron chi connectivity index (χ1n) is 8.19. The summed E-state index contributed by atoms with van der Waals surface area (Å²) in [6, 6.07) is 6.22. The SMILES string of the molecule is CCNC(=O)Cn1c(CO)cnc1SCC(=O)Nc1ccc(C(N)=O)cc1. The lowest BCUT2D eigenvalue weighted by molar-refractivity contribution is -0.121. The first-order chi connectivity index (χ1) is 12.9. The first-order valence-corrected chi connectivity index (χ1v) is 9.17. The van der Waals surface area contributed by atoms with E-state index in [9.17, 15) is 19.5 Å². The van der Waals surface area contributed by atoms with E-state index >= 15 is 0 Å². The molecule has 2 aromatic rings. The Balaban J connectivity index is 1.97. The number of primary amides is 1. The van der Waals surface area contributed by atoms with Crippen molar-refractivity contribution < 1.29 is 19.5 Å². The molecule has 9 nitrogen and oxygen atoms in total. The Morgan fingerprint density at radius 3 is 2.52 bits per heavy atom. The van der Waals surface area contributed by atoms with Gasteiger partial charge in [0.2, 0.25) is 17.7 Å². The van der Waals surface area contributed by atoms with Crippen molar-refractivity contribution in [1.29, 1.82) is 0 Å². The topological polar surface area (TPSA) is 139 Å². The summed E-state index contributed by atoms with van der Waals surface area (Å²) in [4.78, 5) is 39.2. The highest BCUT2D eigenvalue weighted by atomic mass is 32.2. The standard InChI is InChI=1S/C17H21N5O4S/c1-2-19-14(24)8-22-13(9-23)7-20-17(22)27-10-15(25)21-12-5-3-11(4-6-12)16(18)26/h3-7,23H,2,8-10H2,1H3,(H2,18,26)(H,19,24)(H,21,25). The van der Waals surface area contributed by atoms with Crippen LogP contribution in [0.4, 0.5) is 5.69 Å². The summed E-state index contributed by atoms with van der Waals surface area (Å²) >= 11 is 1.15. The monoisotopic (exact) mass is 391 g/mol. The number of amides is 3. The number of likely N-dealkylation sites (N-methyl/N-ethyl adjacent to an activating group) is 1. The number of hydrogen-bond acceptors (Lipinski definition) is 6. The molecule has 0 aliphatic heterocycles. The number of aromatic nitrogens is 2. The Kier molecular flexibility index (Phi) is 7.38. The number of nitrogens with two attached hydrogens (primary N) is 1. The van der Waals surface area contributed by atoms with Gasteiger partial charge in [0.15, 0.2) is 5.16 Å². The number of nitrogens with one attached hydrogen (secondary N) is 2. The van der Waals surface area contributed by atoms with Crippen LogP contribution >= 0.6 is 11.8 Å². The van der Waals surface area contributed by atoms with Crippen LogP contribution in [0.5, 0.6) is 0 Å². The summed E-state index contributed by atoms with van der Waals surface area (Å²) in [5, 5.41) is 15.2. The number of imidazole rings is 1. The third kappa shape index (κ3) is 5.83. The van der Waals surface area contributed by atoms with Crippen molar-refractivity contribution in [3.8, 4) is 0 Å². The lowest BCUT2D eigenvalue weighted by Gasteiger charge is -2.10. The summed E-state index contributed by atoms with van der Waals surface area (Å²) in [6.07, 6.45) is 1.47. The van der Waals surface area contributed by atoms with Gasteiger partial charge in [0, 0.05) is 17.8 Å². The number of anilines is 1. The third-order valence-electron chi connectivity index (χ3n) is 3.52. The minimum Gasteiger partial charge on any atom is -0.390 e. The van der Waals surface area contributed by atoms with Crippen molar-refractivity contribution in [3.05, 3.63) is 41.7 Å². The molecule has 0 atom stereocenters. The maximum absolute atomic E-state index is 12.1. The van der Waals surface area contributed by atoms with E-state index in [-0.39, 0.29) is 30.7 Å². The van der Waals surface area contributed by atoms with E-state index in [0.717, 1.165) is 11.8 Å². The molecule has 1 aromatic heterocycles. The number of nitrogens with zero attached hydrogens (tertiary/aromatic N) is 2. The number of hydrogen-bond donors (Lipinski definition) is 4. The van der Waals surface area contributed by atoms with Gasteiger partial charge in [-0.3, -0.25) is 14.4 Å². The van der Waals surface area contributed by atoms with Gasteiger partial charge in [0.05, 0.1) is 24.3 Å². The van der Waals surface area contributed by atoms with Gasteiger partial charge in [0.1, 0.15) is 6.54 Å². The highest BCUT2D eigenvalue weighted by Crippen LogP contribution is 2.19. The number of aliphatic hydroxyl groups is 1. The number of thioether (sulfide) groups is 1. The van der Waals surface area contributed by atoms with Crippen LogP contribution in [0.1, 0.15) is 23.0 Å². The van der Waals surface area contributed by atoms with Crippen LogP contribution in [0.3, 0.4) is 0 Å². The number of aliphatic hydroxyl groups excluding tert-OH is 1. The van der Waals surface area contributed by atoms with Gasteiger partial charge in [-0.2, -0.15) is 0 Å². The Hall–Kier alpha value is -2.85.